The monoisotopic (exact) mass is 275 g/mol. The van der Waals surface area contributed by atoms with Crippen LogP contribution in [0, 0.1) is 11.7 Å². The largest absolute Gasteiger partial charge is 0.416 e. The fourth-order valence-electron chi connectivity index (χ4n) is 1.87. The van der Waals surface area contributed by atoms with Gasteiger partial charge in [0.2, 0.25) is 0 Å². The Kier molecular flexibility index (Phi) is 4.74. The zero-order chi connectivity index (χ0) is 14.8. The van der Waals surface area contributed by atoms with E-state index in [4.69, 9.17) is 5.73 Å². The van der Waals surface area contributed by atoms with E-state index in [-0.39, 0.29) is 18.0 Å². The van der Waals surface area contributed by atoms with E-state index in [1.165, 1.54) is 0 Å². The molecule has 0 radical (unpaired) electrons. The van der Waals surface area contributed by atoms with Crippen LogP contribution >= 0.6 is 0 Å². The first-order valence-electron chi connectivity index (χ1n) is 5.93. The lowest BCUT2D eigenvalue weighted by molar-refractivity contribution is -0.137. The van der Waals surface area contributed by atoms with Crippen LogP contribution in [0.2, 0.25) is 0 Å². The minimum Gasteiger partial charge on any atom is -0.330 e. The van der Waals surface area contributed by atoms with Crippen molar-refractivity contribution in [2.24, 2.45) is 11.7 Å². The third-order valence-corrected chi connectivity index (χ3v) is 3.13. The number of nitrogens with two attached hydrogens (primary N) is 1. The van der Waals surface area contributed by atoms with Gasteiger partial charge >= 0.3 is 6.18 Å². The van der Waals surface area contributed by atoms with Gasteiger partial charge in [0.25, 0.3) is 0 Å². The molecule has 0 saturated heterocycles. The first-order valence-corrected chi connectivity index (χ1v) is 5.93. The molecule has 0 spiro atoms. The molecule has 2 N–H and O–H groups in total. The second-order valence-corrected chi connectivity index (χ2v) is 4.75. The highest BCUT2D eigenvalue weighted by atomic mass is 19.4. The van der Waals surface area contributed by atoms with Gasteiger partial charge in [-0.1, -0.05) is 32.1 Å². The molecule has 1 atom stereocenters. The molecule has 0 unspecified atom stereocenters. The fourth-order valence-corrected chi connectivity index (χ4v) is 1.87. The molecule has 0 fully saturated rings. The molecule has 0 aromatic heterocycles. The summed E-state index contributed by atoms with van der Waals surface area (Å²) in [6, 6.07) is 2.52. The van der Waals surface area contributed by atoms with Crippen LogP contribution in [0.1, 0.15) is 30.9 Å². The second kappa shape index (κ2) is 5.74. The summed E-state index contributed by atoms with van der Waals surface area (Å²) in [5, 5.41) is 0. The minimum atomic E-state index is -4.55. The van der Waals surface area contributed by atoms with E-state index in [0.717, 1.165) is 12.1 Å². The highest BCUT2D eigenvalue weighted by Gasteiger charge is 2.32. The van der Waals surface area contributed by atoms with Crippen molar-refractivity contribution in [2.75, 3.05) is 6.54 Å². The Balaban J connectivity index is 3.17. The van der Waals surface area contributed by atoms with Crippen molar-refractivity contribution in [1.29, 1.82) is 0 Å². The topological polar surface area (TPSA) is 26.0 Å². The SMILES string of the molecule is C=C(C(C)C)[C@H](CN)c1ccc(C(F)(F)F)cc1F. The van der Waals surface area contributed by atoms with Gasteiger partial charge < -0.3 is 5.73 Å². The van der Waals surface area contributed by atoms with Gasteiger partial charge in [-0.05, 0) is 23.6 Å². The zero-order valence-electron chi connectivity index (χ0n) is 10.9. The van der Waals surface area contributed by atoms with Crippen molar-refractivity contribution in [3.05, 3.63) is 47.3 Å². The lowest BCUT2D eigenvalue weighted by atomic mass is 9.85. The maximum absolute atomic E-state index is 13.8. The van der Waals surface area contributed by atoms with Crippen molar-refractivity contribution in [1.82, 2.24) is 0 Å². The molecule has 0 bridgehead atoms. The molecule has 1 nitrogen and oxygen atoms in total. The number of alkyl halides is 3. The molecular formula is C14H17F4N. The van der Waals surface area contributed by atoms with Crippen molar-refractivity contribution < 1.29 is 17.6 Å². The van der Waals surface area contributed by atoms with E-state index < -0.39 is 23.5 Å². The smallest absolute Gasteiger partial charge is 0.330 e. The van der Waals surface area contributed by atoms with E-state index in [1.807, 2.05) is 13.8 Å². The highest BCUT2D eigenvalue weighted by Crippen LogP contribution is 2.34. The molecule has 106 valence electrons. The van der Waals surface area contributed by atoms with Crippen LogP contribution in [-0.4, -0.2) is 6.54 Å². The molecule has 0 heterocycles. The molecule has 0 amide bonds. The van der Waals surface area contributed by atoms with Crippen LogP contribution < -0.4 is 5.73 Å². The third kappa shape index (κ3) is 3.56. The summed E-state index contributed by atoms with van der Waals surface area (Å²) < 4.78 is 51.2. The zero-order valence-corrected chi connectivity index (χ0v) is 10.9. The Hall–Kier alpha value is -1.36. The van der Waals surface area contributed by atoms with Crippen LogP contribution in [0.4, 0.5) is 17.6 Å². The van der Waals surface area contributed by atoms with E-state index in [9.17, 15) is 17.6 Å². The minimum absolute atomic E-state index is 0.0789. The van der Waals surface area contributed by atoms with Gasteiger partial charge in [-0.3, -0.25) is 0 Å². The predicted octanol–water partition coefficient (Wildman–Crippen LogP) is 4.10. The van der Waals surface area contributed by atoms with Gasteiger partial charge in [-0.2, -0.15) is 13.2 Å². The quantitative estimate of drug-likeness (QED) is 0.649. The van der Waals surface area contributed by atoms with Crippen molar-refractivity contribution in [3.63, 3.8) is 0 Å². The van der Waals surface area contributed by atoms with Crippen LogP contribution in [0.25, 0.3) is 0 Å². The normalized spacial score (nSPS) is 13.7. The van der Waals surface area contributed by atoms with Crippen LogP contribution in [0.15, 0.2) is 30.4 Å². The lowest BCUT2D eigenvalue weighted by Gasteiger charge is -2.22. The molecular weight excluding hydrogens is 258 g/mol. The average molecular weight is 275 g/mol. The van der Waals surface area contributed by atoms with Crippen LogP contribution in [-0.2, 0) is 6.18 Å². The second-order valence-electron chi connectivity index (χ2n) is 4.75. The number of halogens is 4. The molecule has 0 aliphatic heterocycles. The fraction of sp³-hybridized carbons (Fsp3) is 0.429. The third-order valence-electron chi connectivity index (χ3n) is 3.13. The summed E-state index contributed by atoms with van der Waals surface area (Å²) in [5.41, 5.74) is 5.46. The van der Waals surface area contributed by atoms with Crippen molar-refractivity contribution in [2.45, 2.75) is 25.9 Å². The molecule has 1 aromatic carbocycles. The first-order chi connectivity index (χ1) is 8.68. The molecule has 5 heteroatoms. The molecule has 0 saturated carbocycles. The van der Waals surface area contributed by atoms with Crippen molar-refractivity contribution >= 4 is 0 Å². The summed E-state index contributed by atoms with van der Waals surface area (Å²) >= 11 is 0. The van der Waals surface area contributed by atoms with Gasteiger partial charge in [0.05, 0.1) is 5.56 Å². The lowest BCUT2D eigenvalue weighted by Crippen LogP contribution is -2.19. The Morgan fingerprint density at radius 2 is 1.89 bits per heavy atom. The molecule has 19 heavy (non-hydrogen) atoms. The standard InChI is InChI=1S/C14H17F4N/c1-8(2)9(3)12(7-19)11-5-4-10(6-13(11)15)14(16,17)18/h4-6,8,12H,3,7,19H2,1-2H3/t12-/m0/s1. The molecule has 0 aliphatic rings. The van der Waals surface area contributed by atoms with Crippen molar-refractivity contribution in [3.8, 4) is 0 Å². The summed E-state index contributed by atoms with van der Waals surface area (Å²) in [7, 11) is 0. The van der Waals surface area contributed by atoms with Gasteiger partial charge in [0, 0.05) is 12.5 Å². The Morgan fingerprint density at radius 3 is 2.26 bits per heavy atom. The number of hydrogen-bond acceptors (Lipinski definition) is 1. The summed E-state index contributed by atoms with van der Waals surface area (Å²) in [4.78, 5) is 0. The summed E-state index contributed by atoms with van der Waals surface area (Å²) in [5.74, 6) is -1.29. The van der Waals surface area contributed by atoms with Gasteiger partial charge in [0.15, 0.2) is 0 Å². The van der Waals surface area contributed by atoms with Crippen LogP contribution in [0.3, 0.4) is 0 Å². The van der Waals surface area contributed by atoms with Crippen LogP contribution in [0.5, 0.6) is 0 Å². The van der Waals surface area contributed by atoms with E-state index in [2.05, 4.69) is 6.58 Å². The van der Waals surface area contributed by atoms with Gasteiger partial charge in [-0.25, -0.2) is 4.39 Å². The van der Waals surface area contributed by atoms with Gasteiger partial charge in [-0.15, -0.1) is 0 Å². The Bertz CT molecular complexity index is 463. The molecule has 0 aliphatic carbocycles. The maximum Gasteiger partial charge on any atom is 0.416 e. The molecule has 1 aromatic rings. The maximum atomic E-state index is 13.8. The number of hydrogen-bond donors (Lipinski definition) is 1. The highest BCUT2D eigenvalue weighted by molar-refractivity contribution is 5.34. The first kappa shape index (κ1) is 15.7. The van der Waals surface area contributed by atoms with E-state index in [1.54, 1.807) is 0 Å². The Labute approximate surface area is 110 Å². The Morgan fingerprint density at radius 1 is 1.32 bits per heavy atom. The molecule has 1 rings (SSSR count). The van der Waals surface area contributed by atoms with E-state index in [0.29, 0.717) is 11.6 Å². The summed E-state index contributed by atoms with van der Waals surface area (Å²) in [6.45, 7) is 7.72. The van der Waals surface area contributed by atoms with E-state index >= 15 is 0 Å². The number of rotatable bonds is 4. The van der Waals surface area contributed by atoms with Gasteiger partial charge in [0.1, 0.15) is 5.82 Å². The number of benzene rings is 1. The average Bonchev–Trinajstić information content (AvgIpc) is 2.30. The predicted molar refractivity (Wildman–Crippen MR) is 67.2 cm³/mol. The summed E-state index contributed by atoms with van der Waals surface area (Å²) in [6.07, 6.45) is -4.55.